The normalized spacial score (nSPS) is 11.0. The summed E-state index contributed by atoms with van der Waals surface area (Å²) < 4.78 is 34.8. The first-order chi connectivity index (χ1) is 13.3. The van der Waals surface area contributed by atoms with E-state index in [1.54, 1.807) is 26.2 Å². The van der Waals surface area contributed by atoms with E-state index in [4.69, 9.17) is 4.74 Å². The van der Waals surface area contributed by atoms with Crippen LogP contribution in [0.3, 0.4) is 0 Å². The van der Waals surface area contributed by atoms with Gasteiger partial charge in [-0.15, -0.1) is 0 Å². The summed E-state index contributed by atoms with van der Waals surface area (Å²) in [5, 5.41) is -0.0321. The average molecular weight is 410 g/mol. The van der Waals surface area contributed by atoms with Crippen LogP contribution in [0.15, 0.2) is 47.4 Å². The number of carbonyl (C=O) groups excluding carboxylic acids is 1. The summed E-state index contributed by atoms with van der Waals surface area (Å²) in [6.45, 7) is -1.73. The molecule has 0 bridgehead atoms. The van der Waals surface area contributed by atoms with Crippen LogP contribution in [0.5, 0.6) is 11.5 Å². The molecule has 0 aliphatic carbocycles. The van der Waals surface area contributed by atoms with Gasteiger partial charge in [-0.25, -0.2) is 0 Å². The highest BCUT2D eigenvalue weighted by Crippen LogP contribution is 2.30. The Morgan fingerprint density at radius 3 is 2.32 bits per heavy atom. The molecular formula is C20H24F2N2O3S. The second kappa shape index (κ2) is 10.3. The molecule has 2 aromatic carbocycles. The van der Waals surface area contributed by atoms with Gasteiger partial charge in [0.05, 0.1) is 7.11 Å². The number of hydrogen-bond donors (Lipinski definition) is 0. The molecule has 0 aliphatic heterocycles. The summed E-state index contributed by atoms with van der Waals surface area (Å²) in [6, 6.07) is 12.8. The monoisotopic (exact) mass is 410 g/mol. The van der Waals surface area contributed by atoms with Crippen LogP contribution in [0, 0.1) is 0 Å². The first-order valence-electron chi connectivity index (χ1n) is 8.57. The smallest absolute Gasteiger partial charge is 0.387 e. The lowest BCUT2D eigenvalue weighted by molar-refractivity contribution is -0.0512. The zero-order valence-corrected chi connectivity index (χ0v) is 17.1. The van der Waals surface area contributed by atoms with Crippen LogP contribution < -0.4 is 9.47 Å². The molecule has 0 saturated carbocycles. The summed E-state index contributed by atoms with van der Waals surface area (Å²) in [4.78, 5) is 16.3. The number of carbonyl (C=O) groups is 1. The van der Waals surface area contributed by atoms with Crippen molar-refractivity contribution < 1.29 is 23.0 Å². The lowest BCUT2D eigenvalue weighted by Crippen LogP contribution is -2.18. The molecule has 0 N–H and O–H groups in total. The maximum atomic E-state index is 12.6. The number of hydrogen-bond acceptors (Lipinski definition) is 5. The Bertz CT molecular complexity index is 803. The number of methoxy groups -OCH3 is 1. The molecule has 152 valence electrons. The Morgan fingerprint density at radius 2 is 1.71 bits per heavy atom. The van der Waals surface area contributed by atoms with Crippen LogP contribution in [-0.4, -0.2) is 49.9 Å². The highest BCUT2D eigenvalue weighted by Gasteiger charge is 2.13. The van der Waals surface area contributed by atoms with Gasteiger partial charge in [-0.2, -0.15) is 8.78 Å². The third-order valence-corrected chi connectivity index (χ3v) is 4.85. The number of rotatable bonds is 8. The van der Waals surface area contributed by atoms with E-state index >= 15 is 0 Å². The fraction of sp³-hybridized carbons (Fsp3) is 0.350. The zero-order chi connectivity index (χ0) is 20.7. The van der Waals surface area contributed by atoms with Gasteiger partial charge in [-0.1, -0.05) is 18.2 Å². The number of benzene rings is 2. The van der Waals surface area contributed by atoms with Crippen LogP contribution in [0.2, 0.25) is 0 Å². The molecule has 0 radical (unpaired) electrons. The number of alkyl halides is 2. The van der Waals surface area contributed by atoms with Crippen molar-refractivity contribution in [2.75, 3.05) is 28.3 Å². The number of thioether (sulfide) groups is 1. The van der Waals surface area contributed by atoms with Gasteiger partial charge in [0.2, 0.25) is 0 Å². The quantitative estimate of drug-likeness (QED) is 0.590. The van der Waals surface area contributed by atoms with Gasteiger partial charge < -0.3 is 14.4 Å². The molecule has 0 fully saturated rings. The number of amides is 1. The lowest BCUT2D eigenvalue weighted by Gasteiger charge is -2.19. The Morgan fingerprint density at radius 1 is 1.04 bits per heavy atom. The zero-order valence-electron chi connectivity index (χ0n) is 16.3. The molecule has 2 rings (SSSR count). The van der Waals surface area contributed by atoms with E-state index in [1.165, 1.54) is 23.8 Å². The molecule has 0 spiro atoms. The molecule has 0 heterocycles. The molecule has 0 aromatic heterocycles. The van der Waals surface area contributed by atoms with Crippen molar-refractivity contribution in [3.63, 3.8) is 0 Å². The van der Waals surface area contributed by atoms with Gasteiger partial charge >= 0.3 is 6.61 Å². The largest absolute Gasteiger partial charge is 0.493 e. The highest BCUT2D eigenvalue weighted by atomic mass is 32.2. The highest BCUT2D eigenvalue weighted by molar-refractivity contribution is 8.13. The standard InChI is InChI=1S/C20H24F2N2O3S/c1-23(2)20(25)28-16-7-5-6-14(10-16)12-24(3)13-15-8-9-17(26-4)18(11-15)27-19(21)22/h5-11,19H,12-13H2,1-4H3. The van der Waals surface area contributed by atoms with Crippen molar-refractivity contribution in [2.24, 2.45) is 0 Å². The van der Waals surface area contributed by atoms with Crippen molar-refractivity contribution >= 4 is 17.0 Å². The van der Waals surface area contributed by atoms with Gasteiger partial charge in [0.1, 0.15) is 0 Å². The van der Waals surface area contributed by atoms with E-state index in [2.05, 4.69) is 4.74 Å². The molecule has 0 aliphatic rings. The van der Waals surface area contributed by atoms with Gasteiger partial charge in [0.15, 0.2) is 11.5 Å². The molecule has 8 heteroatoms. The van der Waals surface area contributed by atoms with Crippen LogP contribution in [0.4, 0.5) is 13.6 Å². The maximum Gasteiger partial charge on any atom is 0.387 e. The minimum Gasteiger partial charge on any atom is -0.493 e. The third kappa shape index (κ3) is 6.69. The maximum absolute atomic E-state index is 12.6. The van der Waals surface area contributed by atoms with E-state index < -0.39 is 6.61 Å². The van der Waals surface area contributed by atoms with Crippen LogP contribution in [0.1, 0.15) is 11.1 Å². The second-order valence-corrected chi connectivity index (χ2v) is 7.47. The first-order valence-corrected chi connectivity index (χ1v) is 9.38. The third-order valence-electron chi connectivity index (χ3n) is 3.82. The molecular weight excluding hydrogens is 386 g/mol. The molecule has 0 atom stereocenters. The Labute approximate surface area is 168 Å². The van der Waals surface area contributed by atoms with Gasteiger partial charge in [-0.3, -0.25) is 9.69 Å². The predicted molar refractivity (Wildman–Crippen MR) is 106 cm³/mol. The fourth-order valence-corrected chi connectivity index (χ4v) is 3.33. The Kier molecular flexibility index (Phi) is 8.07. The van der Waals surface area contributed by atoms with E-state index in [9.17, 15) is 13.6 Å². The van der Waals surface area contributed by atoms with Crippen LogP contribution in [0.25, 0.3) is 0 Å². The molecule has 5 nitrogen and oxygen atoms in total. The average Bonchev–Trinajstić information content (AvgIpc) is 2.61. The Balaban J connectivity index is 2.04. The van der Waals surface area contributed by atoms with E-state index in [-0.39, 0.29) is 16.7 Å². The SMILES string of the molecule is COc1ccc(CN(C)Cc2cccc(SC(=O)N(C)C)c2)cc1OC(F)F. The number of halogens is 2. The van der Waals surface area contributed by atoms with Crippen LogP contribution >= 0.6 is 11.8 Å². The van der Waals surface area contributed by atoms with Crippen molar-refractivity contribution in [1.29, 1.82) is 0 Å². The minimum atomic E-state index is -2.91. The summed E-state index contributed by atoms with van der Waals surface area (Å²) in [7, 11) is 6.77. The van der Waals surface area contributed by atoms with Gasteiger partial charge in [-0.05, 0) is 54.2 Å². The van der Waals surface area contributed by atoms with Crippen LogP contribution in [-0.2, 0) is 13.1 Å². The van der Waals surface area contributed by atoms with E-state index in [1.807, 2.05) is 42.3 Å². The fourth-order valence-electron chi connectivity index (χ4n) is 2.59. The van der Waals surface area contributed by atoms with Gasteiger partial charge in [0.25, 0.3) is 5.24 Å². The summed E-state index contributed by atoms with van der Waals surface area (Å²) in [5.74, 6) is 0.283. The summed E-state index contributed by atoms with van der Waals surface area (Å²) in [6.07, 6.45) is 0. The predicted octanol–water partition coefficient (Wildman–Crippen LogP) is 4.70. The van der Waals surface area contributed by atoms with E-state index in [0.29, 0.717) is 13.1 Å². The number of ether oxygens (including phenoxy) is 2. The molecule has 28 heavy (non-hydrogen) atoms. The number of nitrogens with zero attached hydrogens (tertiary/aromatic N) is 2. The van der Waals surface area contributed by atoms with E-state index in [0.717, 1.165) is 16.0 Å². The summed E-state index contributed by atoms with van der Waals surface area (Å²) >= 11 is 1.18. The van der Waals surface area contributed by atoms with Crippen molar-refractivity contribution in [1.82, 2.24) is 9.80 Å². The van der Waals surface area contributed by atoms with Crippen molar-refractivity contribution in [2.45, 2.75) is 24.6 Å². The van der Waals surface area contributed by atoms with Gasteiger partial charge in [0, 0.05) is 32.1 Å². The second-order valence-electron chi connectivity index (χ2n) is 6.45. The topological polar surface area (TPSA) is 42.0 Å². The molecule has 2 aromatic rings. The van der Waals surface area contributed by atoms with Crippen molar-refractivity contribution in [3.8, 4) is 11.5 Å². The lowest BCUT2D eigenvalue weighted by atomic mass is 10.1. The molecule has 0 unspecified atom stereocenters. The molecule has 1 amide bonds. The van der Waals surface area contributed by atoms with Crippen molar-refractivity contribution in [3.05, 3.63) is 53.6 Å². The first kappa shape index (κ1) is 22.0. The minimum absolute atomic E-state index is 0.0176. The summed E-state index contributed by atoms with van der Waals surface area (Å²) in [5.41, 5.74) is 1.88. The molecule has 0 saturated heterocycles. The Hall–Kier alpha value is -2.32.